The second-order valence-electron chi connectivity index (χ2n) is 5.13. The van der Waals surface area contributed by atoms with Gasteiger partial charge in [0.15, 0.2) is 0 Å². The zero-order valence-electron chi connectivity index (χ0n) is 11.1. The van der Waals surface area contributed by atoms with Crippen molar-refractivity contribution in [3.63, 3.8) is 0 Å². The molecular formula is C13H15Cl3O2S. The number of thioether (sulfide) groups is 1. The molecule has 106 valence electrons. The normalized spacial score (nSPS) is 12.6. The summed E-state index contributed by atoms with van der Waals surface area (Å²) in [4.78, 5) is 11.9. The van der Waals surface area contributed by atoms with Gasteiger partial charge in [0, 0.05) is 15.2 Å². The molecule has 6 heteroatoms. The molecular weight excluding hydrogens is 327 g/mol. The summed E-state index contributed by atoms with van der Waals surface area (Å²) in [5.74, 6) is -0.982. The maximum atomic E-state index is 11.2. The first-order chi connectivity index (χ1) is 8.43. The number of hydrogen-bond acceptors (Lipinski definition) is 2. The number of benzene rings is 1. The third-order valence-electron chi connectivity index (χ3n) is 2.35. The topological polar surface area (TPSA) is 37.3 Å². The van der Waals surface area contributed by atoms with Crippen molar-refractivity contribution in [3.05, 3.63) is 28.8 Å². The SMILES string of the molecule is Cc1c(C(=O)O)ccc(C(Cl)(Cl)Cl)c1SC(C)(C)C. The molecule has 0 radical (unpaired) electrons. The maximum Gasteiger partial charge on any atom is 0.335 e. The number of carbonyl (C=O) groups is 1. The molecule has 0 unspecified atom stereocenters. The Balaban J connectivity index is 3.51. The Bertz CT molecular complexity index is 502. The van der Waals surface area contributed by atoms with Gasteiger partial charge < -0.3 is 5.11 Å². The fourth-order valence-electron chi connectivity index (χ4n) is 1.58. The first-order valence-electron chi connectivity index (χ1n) is 5.56. The van der Waals surface area contributed by atoms with Crippen LogP contribution in [0, 0.1) is 6.92 Å². The summed E-state index contributed by atoms with van der Waals surface area (Å²) in [7, 11) is 0. The van der Waals surface area contributed by atoms with E-state index in [-0.39, 0.29) is 10.3 Å². The highest BCUT2D eigenvalue weighted by molar-refractivity contribution is 8.00. The van der Waals surface area contributed by atoms with Crippen molar-refractivity contribution in [3.8, 4) is 0 Å². The summed E-state index contributed by atoms with van der Waals surface area (Å²) in [5.41, 5.74) is 1.36. The summed E-state index contributed by atoms with van der Waals surface area (Å²) in [5, 5.41) is 9.17. The summed E-state index contributed by atoms with van der Waals surface area (Å²) in [6.07, 6.45) is 0. The fourth-order valence-corrected chi connectivity index (χ4v) is 3.43. The predicted molar refractivity (Wildman–Crippen MR) is 83.0 cm³/mol. The molecule has 0 aliphatic rings. The second-order valence-corrected chi connectivity index (χ2v) is 9.25. The van der Waals surface area contributed by atoms with Crippen molar-refractivity contribution in [1.29, 1.82) is 0 Å². The first-order valence-corrected chi connectivity index (χ1v) is 7.51. The Morgan fingerprint density at radius 1 is 1.21 bits per heavy atom. The van der Waals surface area contributed by atoms with Crippen LogP contribution in [0.2, 0.25) is 0 Å². The Labute approximate surface area is 132 Å². The van der Waals surface area contributed by atoms with Crippen LogP contribution in [0.15, 0.2) is 17.0 Å². The summed E-state index contributed by atoms with van der Waals surface area (Å²) in [6.45, 7) is 7.80. The van der Waals surface area contributed by atoms with Gasteiger partial charge in [-0.05, 0) is 18.6 Å². The van der Waals surface area contributed by atoms with Crippen LogP contribution >= 0.6 is 46.6 Å². The molecule has 1 aromatic rings. The van der Waals surface area contributed by atoms with E-state index in [2.05, 4.69) is 0 Å². The predicted octanol–water partition coefficient (Wildman–Crippen LogP) is 5.41. The third kappa shape index (κ3) is 4.45. The van der Waals surface area contributed by atoms with Gasteiger partial charge >= 0.3 is 5.97 Å². The van der Waals surface area contributed by atoms with E-state index in [9.17, 15) is 9.90 Å². The molecule has 0 bridgehead atoms. The van der Waals surface area contributed by atoms with Crippen LogP contribution in [0.1, 0.15) is 42.3 Å². The van der Waals surface area contributed by atoms with Crippen molar-refractivity contribution in [1.82, 2.24) is 0 Å². The molecule has 0 saturated carbocycles. The smallest absolute Gasteiger partial charge is 0.335 e. The zero-order valence-corrected chi connectivity index (χ0v) is 14.1. The number of aromatic carboxylic acids is 1. The highest BCUT2D eigenvalue weighted by Gasteiger charge is 2.30. The van der Waals surface area contributed by atoms with Gasteiger partial charge in [0.2, 0.25) is 3.79 Å². The highest BCUT2D eigenvalue weighted by atomic mass is 35.6. The minimum atomic E-state index is -1.57. The van der Waals surface area contributed by atoms with E-state index in [1.54, 1.807) is 13.0 Å². The molecule has 0 atom stereocenters. The zero-order chi connectivity index (χ0) is 15.0. The maximum absolute atomic E-state index is 11.2. The fraction of sp³-hybridized carbons (Fsp3) is 0.462. The lowest BCUT2D eigenvalue weighted by Gasteiger charge is -2.25. The number of rotatable bonds is 2. The van der Waals surface area contributed by atoms with E-state index in [1.165, 1.54) is 17.8 Å². The molecule has 1 N–H and O–H groups in total. The molecule has 0 fully saturated rings. The van der Waals surface area contributed by atoms with Gasteiger partial charge in [-0.2, -0.15) is 0 Å². The standard InChI is InChI=1S/C13H15Cl3O2S/c1-7-8(11(17)18)5-6-9(13(14,15)16)10(7)19-12(2,3)4/h5-6H,1-4H3,(H,17,18). The van der Waals surface area contributed by atoms with Crippen LogP contribution in [-0.4, -0.2) is 15.8 Å². The Morgan fingerprint density at radius 2 is 1.74 bits per heavy atom. The van der Waals surface area contributed by atoms with Gasteiger partial charge in [-0.3, -0.25) is 0 Å². The van der Waals surface area contributed by atoms with Gasteiger partial charge in [-0.25, -0.2) is 4.79 Å². The van der Waals surface area contributed by atoms with Crippen molar-refractivity contribution in [2.75, 3.05) is 0 Å². The first kappa shape index (κ1) is 17.0. The molecule has 1 rings (SSSR count). The van der Waals surface area contributed by atoms with Gasteiger partial charge in [-0.1, -0.05) is 61.6 Å². The monoisotopic (exact) mass is 340 g/mol. The molecule has 0 spiro atoms. The molecule has 0 aliphatic heterocycles. The lowest BCUT2D eigenvalue weighted by atomic mass is 10.1. The largest absolute Gasteiger partial charge is 0.478 e. The van der Waals surface area contributed by atoms with Crippen LogP contribution in [0.5, 0.6) is 0 Å². The molecule has 0 aromatic heterocycles. The van der Waals surface area contributed by atoms with Crippen LogP contribution in [-0.2, 0) is 3.79 Å². The summed E-state index contributed by atoms with van der Waals surface area (Å²) in [6, 6.07) is 3.04. The van der Waals surface area contributed by atoms with Gasteiger partial charge in [0.1, 0.15) is 0 Å². The van der Waals surface area contributed by atoms with Crippen LogP contribution in [0.25, 0.3) is 0 Å². The average Bonchev–Trinajstić information content (AvgIpc) is 2.16. The van der Waals surface area contributed by atoms with Crippen LogP contribution in [0.4, 0.5) is 0 Å². The van der Waals surface area contributed by atoms with E-state index < -0.39 is 9.76 Å². The second kappa shape index (κ2) is 5.72. The van der Waals surface area contributed by atoms with Crippen molar-refractivity contribution in [2.24, 2.45) is 0 Å². The molecule has 0 saturated heterocycles. The summed E-state index contributed by atoms with van der Waals surface area (Å²) < 4.78 is -1.69. The molecule has 19 heavy (non-hydrogen) atoms. The molecule has 0 aliphatic carbocycles. The number of carboxylic acids is 1. The minimum absolute atomic E-state index is 0.118. The average molecular weight is 342 g/mol. The number of carboxylic acid groups (broad SMARTS) is 1. The quantitative estimate of drug-likeness (QED) is 0.577. The van der Waals surface area contributed by atoms with E-state index in [4.69, 9.17) is 34.8 Å². The van der Waals surface area contributed by atoms with E-state index >= 15 is 0 Å². The minimum Gasteiger partial charge on any atom is -0.478 e. The van der Waals surface area contributed by atoms with Crippen LogP contribution < -0.4 is 0 Å². The summed E-state index contributed by atoms with van der Waals surface area (Å²) >= 11 is 19.4. The van der Waals surface area contributed by atoms with Crippen molar-refractivity contribution < 1.29 is 9.90 Å². The van der Waals surface area contributed by atoms with Gasteiger partial charge in [0.05, 0.1) is 5.56 Å². The van der Waals surface area contributed by atoms with E-state index in [1.807, 2.05) is 20.8 Å². The van der Waals surface area contributed by atoms with Gasteiger partial charge in [-0.15, -0.1) is 11.8 Å². The number of hydrogen-bond donors (Lipinski definition) is 1. The van der Waals surface area contributed by atoms with E-state index in [0.717, 1.165) is 0 Å². The third-order valence-corrected chi connectivity index (χ3v) is 4.30. The lowest BCUT2D eigenvalue weighted by Crippen LogP contribution is -2.13. The molecule has 1 aromatic carbocycles. The Morgan fingerprint density at radius 3 is 2.11 bits per heavy atom. The highest BCUT2D eigenvalue weighted by Crippen LogP contribution is 2.47. The lowest BCUT2D eigenvalue weighted by molar-refractivity contribution is 0.0695. The Kier molecular flexibility index (Phi) is 5.11. The van der Waals surface area contributed by atoms with Crippen molar-refractivity contribution >= 4 is 52.5 Å². The molecule has 0 heterocycles. The van der Waals surface area contributed by atoms with E-state index in [0.29, 0.717) is 16.0 Å². The number of alkyl halides is 3. The molecule has 0 amide bonds. The Hall–Kier alpha value is -0.0900. The van der Waals surface area contributed by atoms with Crippen LogP contribution in [0.3, 0.4) is 0 Å². The van der Waals surface area contributed by atoms with Crippen molar-refractivity contribution in [2.45, 2.75) is 41.1 Å². The number of halogens is 3. The van der Waals surface area contributed by atoms with Gasteiger partial charge in [0.25, 0.3) is 0 Å². The molecule has 2 nitrogen and oxygen atoms in total.